The molecule has 0 heterocycles. The van der Waals surface area contributed by atoms with E-state index >= 15 is 0 Å². The normalized spacial score (nSPS) is 26.1. The molecule has 1 saturated carbocycles. The van der Waals surface area contributed by atoms with Crippen molar-refractivity contribution in [2.24, 2.45) is 10.9 Å². The molecule has 1 aliphatic carbocycles. The van der Waals surface area contributed by atoms with Crippen molar-refractivity contribution in [1.29, 1.82) is 0 Å². The van der Waals surface area contributed by atoms with Gasteiger partial charge in [-0.25, -0.2) is 0 Å². The number of hydrogen-bond donors (Lipinski definition) is 3. The van der Waals surface area contributed by atoms with Crippen LogP contribution in [0.1, 0.15) is 33.1 Å². The lowest BCUT2D eigenvalue weighted by atomic mass is 10.2. The summed E-state index contributed by atoms with van der Waals surface area (Å²) in [7, 11) is 0. The Labute approximate surface area is 115 Å². The second-order valence-electron chi connectivity index (χ2n) is 5.02. The largest absolute Gasteiger partial charge is 0.396 e. The zero-order valence-corrected chi connectivity index (χ0v) is 12.6. The predicted molar refractivity (Wildman–Crippen MR) is 80.3 cm³/mol. The third-order valence-corrected chi connectivity index (χ3v) is 4.37. The number of aliphatic hydroxyl groups excluding tert-OH is 1. The van der Waals surface area contributed by atoms with Gasteiger partial charge in [-0.2, -0.15) is 11.8 Å². The summed E-state index contributed by atoms with van der Waals surface area (Å²) in [6, 6.07) is 0.546. The fourth-order valence-corrected chi connectivity index (χ4v) is 2.90. The maximum absolute atomic E-state index is 9.02. The summed E-state index contributed by atoms with van der Waals surface area (Å²) in [6.45, 7) is 5.82. The number of nitrogens with zero attached hydrogens (tertiary/aromatic N) is 1. The third-order valence-electron chi connectivity index (χ3n) is 3.28. The number of nitrogens with one attached hydrogen (secondary N) is 2. The second-order valence-corrected chi connectivity index (χ2v) is 6.16. The molecular formula is C13H27N3OS. The lowest BCUT2D eigenvalue weighted by molar-refractivity contribution is 0.241. The van der Waals surface area contributed by atoms with Gasteiger partial charge in [0.25, 0.3) is 0 Å². The first kappa shape index (κ1) is 15.6. The average Bonchev–Trinajstić information content (AvgIpc) is 2.83. The molecule has 0 aromatic rings. The highest BCUT2D eigenvalue weighted by molar-refractivity contribution is 7.99. The third kappa shape index (κ3) is 5.48. The molecule has 3 atom stereocenters. The van der Waals surface area contributed by atoms with Gasteiger partial charge in [-0.15, -0.1) is 0 Å². The van der Waals surface area contributed by atoms with Crippen molar-refractivity contribution >= 4 is 17.7 Å². The summed E-state index contributed by atoms with van der Waals surface area (Å²) in [6.07, 6.45) is 5.94. The Hall–Kier alpha value is -0.420. The highest BCUT2D eigenvalue weighted by Crippen LogP contribution is 2.27. The minimum atomic E-state index is 0.195. The zero-order valence-electron chi connectivity index (χ0n) is 11.8. The lowest BCUT2D eigenvalue weighted by Gasteiger charge is -2.17. The molecule has 106 valence electrons. The molecule has 1 aliphatic rings. The van der Waals surface area contributed by atoms with E-state index in [1.807, 2.05) is 18.7 Å². The summed E-state index contributed by atoms with van der Waals surface area (Å²) < 4.78 is 0. The molecule has 0 aromatic heterocycles. The molecule has 18 heavy (non-hydrogen) atoms. The quantitative estimate of drug-likeness (QED) is 0.506. The minimum absolute atomic E-state index is 0.195. The molecule has 0 saturated heterocycles. The standard InChI is InChI=1S/C13H27N3OS/c1-4-14-13(15-8-10(2)9-17)16-11-5-6-12(7-11)18-3/h10-12,17H,4-9H2,1-3H3,(H2,14,15,16). The SMILES string of the molecule is CCNC(=NCC(C)CO)NC1CCC(SC)C1. The number of aliphatic hydroxyl groups is 1. The van der Waals surface area contributed by atoms with Gasteiger partial charge in [-0.05, 0) is 38.4 Å². The molecule has 0 radical (unpaired) electrons. The van der Waals surface area contributed by atoms with E-state index in [1.54, 1.807) is 0 Å². The summed E-state index contributed by atoms with van der Waals surface area (Å²) in [5.74, 6) is 1.12. The Kier molecular flexibility index (Phi) is 7.51. The van der Waals surface area contributed by atoms with E-state index in [0.29, 0.717) is 12.6 Å². The van der Waals surface area contributed by atoms with E-state index in [-0.39, 0.29) is 12.5 Å². The smallest absolute Gasteiger partial charge is 0.191 e. The Morgan fingerprint density at radius 3 is 2.83 bits per heavy atom. The van der Waals surface area contributed by atoms with E-state index in [9.17, 15) is 0 Å². The van der Waals surface area contributed by atoms with Crippen LogP contribution in [0, 0.1) is 5.92 Å². The van der Waals surface area contributed by atoms with Gasteiger partial charge in [0.15, 0.2) is 5.96 Å². The maximum Gasteiger partial charge on any atom is 0.191 e. The molecule has 0 amide bonds. The molecule has 0 bridgehead atoms. The lowest BCUT2D eigenvalue weighted by Crippen LogP contribution is -2.42. The predicted octanol–water partition coefficient (Wildman–Crippen LogP) is 1.45. The highest BCUT2D eigenvalue weighted by atomic mass is 32.2. The van der Waals surface area contributed by atoms with Crippen LogP contribution < -0.4 is 10.6 Å². The number of hydrogen-bond acceptors (Lipinski definition) is 3. The number of guanidine groups is 1. The molecule has 4 nitrogen and oxygen atoms in total. The van der Waals surface area contributed by atoms with Crippen molar-refractivity contribution in [3.8, 4) is 0 Å². The second kappa shape index (κ2) is 8.64. The van der Waals surface area contributed by atoms with Gasteiger partial charge in [0.05, 0.1) is 0 Å². The van der Waals surface area contributed by atoms with E-state index in [2.05, 4.69) is 28.8 Å². The van der Waals surface area contributed by atoms with E-state index in [1.165, 1.54) is 19.3 Å². The van der Waals surface area contributed by atoms with Crippen LogP contribution in [0.25, 0.3) is 0 Å². The van der Waals surface area contributed by atoms with Crippen molar-refractivity contribution < 1.29 is 5.11 Å². The Bertz CT molecular complexity index is 261. The zero-order chi connectivity index (χ0) is 13.4. The van der Waals surface area contributed by atoms with Crippen LogP contribution in [0.5, 0.6) is 0 Å². The molecule has 0 aromatic carbocycles. The molecule has 3 unspecified atom stereocenters. The summed E-state index contributed by atoms with van der Waals surface area (Å²) in [4.78, 5) is 4.53. The van der Waals surface area contributed by atoms with Crippen molar-refractivity contribution in [2.75, 3.05) is 26.0 Å². The number of aliphatic imine (C=N–C) groups is 1. The molecule has 1 rings (SSSR count). The summed E-state index contributed by atoms with van der Waals surface area (Å²) in [5.41, 5.74) is 0. The topological polar surface area (TPSA) is 56.7 Å². The van der Waals surface area contributed by atoms with Gasteiger partial charge >= 0.3 is 0 Å². The van der Waals surface area contributed by atoms with Gasteiger partial charge in [0.2, 0.25) is 0 Å². The highest BCUT2D eigenvalue weighted by Gasteiger charge is 2.24. The van der Waals surface area contributed by atoms with E-state index in [0.717, 1.165) is 17.8 Å². The van der Waals surface area contributed by atoms with Crippen LogP contribution >= 0.6 is 11.8 Å². The van der Waals surface area contributed by atoms with Gasteiger partial charge in [-0.3, -0.25) is 4.99 Å². The molecule has 1 fully saturated rings. The summed E-state index contributed by atoms with van der Waals surface area (Å²) >= 11 is 1.97. The fourth-order valence-electron chi connectivity index (χ4n) is 2.10. The van der Waals surface area contributed by atoms with E-state index < -0.39 is 0 Å². The first-order valence-corrected chi connectivity index (χ1v) is 8.16. The van der Waals surface area contributed by atoms with Crippen LogP contribution in [0.15, 0.2) is 4.99 Å². The molecule has 5 heteroatoms. The average molecular weight is 273 g/mol. The Morgan fingerprint density at radius 1 is 1.50 bits per heavy atom. The number of rotatable bonds is 6. The van der Waals surface area contributed by atoms with Crippen LogP contribution in [-0.2, 0) is 0 Å². The van der Waals surface area contributed by atoms with Gasteiger partial charge in [-0.1, -0.05) is 6.92 Å². The van der Waals surface area contributed by atoms with E-state index in [4.69, 9.17) is 5.11 Å². The summed E-state index contributed by atoms with van der Waals surface area (Å²) in [5, 5.41) is 16.6. The number of thioether (sulfide) groups is 1. The van der Waals surface area contributed by atoms with Gasteiger partial charge < -0.3 is 15.7 Å². The monoisotopic (exact) mass is 273 g/mol. The Morgan fingerprint density at radius 2 is 2.28 bits per heavy atom. The van der Waals surface area contributed by atoms with Crippen molar-refractivity contribution in [3.05, 3.63) is 0 Å². The van der Waals surface area contributed by atoms with Gasteiger partial charge in [0, 0.05) is 31.0 Å². The minimum Gasteiger partial charge on any atom is -0.396 e. The molecule has 0 aliphatic heterocycles. The molecule has 0 spiro atoms. The maximum atomic E-state index is 9.02. The van der Waals surface area contributed by atoms with Crippen molar-refractivity contribution in [3.63, 3.8) is 0 Å². The van der Waals surface area contributed by atoms with Crippen molar-refractivity contribution in [1.82, 2.24) is 10.6 Å². The van der Waals surface area contributed by atoms with Crippen LogP contribution in [0.3, 0.4) is 0 Å². The Balaban J connectivity index is 2.42. The van der Waals surface area contributed by atoms with Crippen LogP contribution in [0.2, 0.25) is 0 Å². The first-order chi connectivity index (χ1) is 8.69. The van der Waals surface area contributed by atoms with Gasteiger partial charge in [0.1, 0.15) is 0 Å². The molecular weight excluding hydrogens is 246 g/mol. The van der Waals surface area contributed by atoms with Crippen molar-refractivity contribution in [2.45, 2.75) is 44.4 Å². The fraction of sp³-hybridized carbons (Fsp3) is 0.923. The first-order valence-electron chi connectivity index (χ1n) is 6.88. The van der Waals surface area contributed by atoms with Crippen LogP contribution in [-0.4, -0.2) is 48.3 Å². The molecule has 3 N–H and O–H groups in total. The van der Waals surface area contributed by atoms with Crippen LogP contribution in [0.4, 0.5) is 0 Å².